The molecule has 1 saturated heterocycles. The van der Waals surface area contributed by atoms with Crippen LogP contribution in [0, 0.1) is 6.92 Å². The van der Waals surface area contributed by atoms with E-state index in [-0.39, 0.29) is 5.91 Å². The Morgan fingerprint density at radius 1 is 1.08 bits per heavy atom. The quantitative estimate of drug-likeness (QED) is 0.815. The average molecular weight is 362 g/mol. The van der Waals surface area contributed by atoms with Gasteiger partial charge in [-0.25, -0.2) is 0 Å². The molecule has 0 unspecified atom stereocenters. The molecule has 1 atom stereocenters. The number of aryl methyl sites for hydroxylation is 1. The summed E-state index contributed by atoms with van der Waals surface area (Å²) >= 11 is 0. The van der Waals surface area contributed by atoms with Crippen LogP contribution in [0.25, 0.3) is 0 Å². The summed E-state index contributed by atoms with van der Waals surface area (Å²) in [5.74, 6) is -0.177. The number of piperazine rings is 1. The molecule has 3 rings (SSSR count). The van der Waals surface area contributed by atoms with Crippen molar-refractivity contribution in [3.05, 3.63) is 65.2 Å². The molecule has 0 spiro atoms. The Hall–Kier alpha value is -2.34. The van der Waals surface area contributed by atoms with E-state index in [4.69, 9.17) is 0 Å². The van der Waals surface area contributed by atoms with Gasteiger partial charge >= 0.3 is 6.18 Å². The van der Waals surface area contributed by atoms with Gasteiger partial charge < -0.3 is 4.90 Å². The number of benzene rings is 2. The lowest BCUT2D eigenvalue weighted by atomic mass is 10.1. The molecule has 6 heteroatoms. The second-order valence-corrected chi connectivity index (χ2v) is 6.61. The smallest absolute Gasteiger partial charge is 0.310 e. The van der Waals surface area contributed by atoms with E-state index in [1.807, 2.05) is 31.2 Å². The Labute approximate surface area is 151 Å². The maximum absolute atomic E-state index is 12.9. The number of carbonyl (C=O) groups is 1. The summed E-state index contributed by atoms with van der Waals surface area (Å²) in [6.45, 7) is 5.46. The molecular weight excluding hydrogens is 341 g/mol. The monoisotopic (exact) mass is 362 g/mol. The number of carbonyl (C=O) groups excluding carboxylic acids is 1. The Morgan fingerprint density at radius 3 is 2.50 bits per heavy atom. The summed E-state index contributed by atoms with van der Waals surface area (Å²) in [5.41, 5.74) is 1.87. The zero-order valence-corrected chi connectivity index (χ0v) is 14.8. The molecule has 1 aliphatic rings. The Bertz CT molecular complexity index is 804. The van der Waals surface area contributed by atoms with Gasteiger partial charge in [-0.3, -0.25) is 9.69 Å². The van der Waals surface area contributed by atoms with Crippen LogP contribution in [0.3, 0.4) is 0 Å². The second-order valence-electron chi connectivity index (χ2n) is 6.61. The first kappa shape index (κ1) is 18.5. The van der Waals surface area contributed by atoms with E-state index in [1.165, 1.54) is 11.0 Å². The van der Waals surface area contributed by atoms with Crippen LogP contribution in [0.4, 0.5) is 18.9 Å². The van der Waals surface area contributed by atoms with Gasteiger partial charge in [-0.2, -0.15) is 13.2 Å². The van der Waals surface area contributed by atoms with E-state index >= 15 is 0 Å². The minimum atomic E-state index is -4.42. The zero-order chi connectivity index (χ0) is 18.9. The third-order valence-corrected chi connectivity index (χ3v) is 4.90. The van der Waals surface area contributed by atoms with Crippen molar-refractivity contribution < 1.29 is 18.0 Å². The second kappa shape index (κ2) is 7.11. The first-order valence-electron chi connectivity index (χ1n) is 8.54. The van der Waals surface area contributed by atoms with Crippen molar-refractivity contribution >= 4 is 11.6 Å². The molecule has 1 heterocycles. The predicted octanol–water partition coefficient (Wildman–Crippen LogP) is 4.25. The molecule has 0 aromatic heterocycles. The lowest BCUT2D eigenvalue weighted by molar-refractivity contribution is -0.137. The number of alkyl halides is 3. The van der Waals surface area contributed by atoms with Crippen molar-refractivity contribution in [2.45, 2.75) is 32.6 Å². The van der Waals surface area contributed by atoms with Crippen LogP contribution in [0.5, 0.6) is 0 Å². The number of rotatable bonds is 3. The van der Waals surface area contributed by atoms with Crippen LogP contribution >= 0.6 is 0 Å². The third kappa shape index (κ3) is 3.75. The van der Waals surface area contributed by atoms with Crippen molar-refractivity contribution in [2.75, 3.05) is 18.0 Å². The van der Waals surface area contributed by atoms with Crippen molar-refractivity contribution in [2.24, 2.45) is 0 Å². The molecular formula is C20H21F3N2O. The van der Waals surface area contributed by atoms with Gasteiger partial charge in [-0.15, -0.1) is 0 Å². The van der Waals surface area contributed by atoms with Crippen molar-refractivity contribution in [3.8, 4) is 0 Å². The molecule has 1 fully saturated rings. The number of amides is 1. The topological polar surface area (TPSA) is 23.6 Å². The summed E-state index contributed by atoms with van der Waals surface area (Å²) in [6, 6.07) is 12.6. The van der Waals surface area contributed by atoms with Gasteiger partial charge in [-0.1, -0.05) is 30.3 Å². The SMILES string of the molecule is Cc1ccccc1CN1CCN(c2cccc(C(F)(F)F)c2)C(=O)[C@@H]1C. The molecule has 2 aromatic rings. The maximum Gasteiger partial charge on any atom is 0.416 e. The van der Waals surface area contributed by atoms with Gasteiger partial charge in [0.15, 0.2) is 0 Å². The van der Waals surface area contributed by atoms with Crippen molar-refractivity contribution in [3.63, 3.8) is 0 Å². The molecule has 0 saturated carbocycles. The Kier molecular flexibility index (Phi) is 5.05. The van der Waals surface area contributed by atoms with E-state index in [9.17, 15) is 18.0 Å². The van der Waals surface area contributed by atoms with Gasteiger partial charge in [0.25, 0.3) is 0 Å². The summed E-state index contributed by atoms with van der Waals surface area (Å²) in [7, 11) is 0. The van der Waals surface area contributed by atoms with Gasteiger partial charge in [0.05, 0.1) is 11.6 Å². The van der Waals surface area contributed by atoms with E-state index in [0.717, 1.165) is 23.3 Å². The molecule has 0 bridgehead atoms. The van der Waals surface area contributed by atoms with Crippen LogP contribution < -0.4 is 4.90 Å². The van der Waals surface area contributed by atoms with Crippen LogP contribution in [0.2, 0.25) is 0 Å². The third-order valence-electron chi connectivity index (χ3n) is 4.90. The van der Waals surface area contributed by atoms with E-state index in [0.29, 0.717) is 25.3 Å². The molecule has 26 heavy (non-hydrogen) atoms. The van der Waals surface area contributed by atoms with Crippen molar-refractivity contribution in [1.82, 2.24) is 4.90 Å². The van der Waals surface area contributed by atoms with Crippen molar-refractivity contribution in [1.29, 1.82) is 0 Å². The lowest BCUT2D eigenvalue weighted by Crippen LogP contribution is -2.55. The lowest BCUT2D eigenvalue weighted by Gasteiger charge is -2.39. The fourth-order valence-corrected chi connectivity index (χ4v) is 3.24. The highest BCUT2D eigenvalue weighted by Crippen LogP contribution is 2.32. The highest BCUT2D eigenvalue weighted by Gasteiger charge is 2.34. The first-order chi connectivity index (χ1) is 12.3. The van der Waals surface area contributed by atoms with Crippen LogP contribution in [0.1, 0.15) is 23.6 Å². The fraction of sp³-hybridized carbons (Fsp3) is 0.350. The summed E-state index contributed by atoms with van der Waals surface area (Å²) in [5, 5.41) is 0. The Morgan fingerprint density at radius 2 is 1.81 bits per heavy atom. The van der Waals surface area contributed by atoms with Crippen LogP contribution in [-0.2, 0) is 17.5 Å². The maximum atomic E-state index is 12.9. The molecule has 3 nitrogen and oxygen atoms in total. The number of nitrogens with zero attached hydrogens (tertiary/aromatic N) is 2. The summed E-state index contributed by atoms with van der Waals surface area (Å²) < 4.78 is 38.8. The number of hydrogen-bond acceptors (Lipinski definition) is 2. The standard InChI is InChI=1S/C20H21F3N2O/c1-14-6-3-4-7-16(14)13-24-10-11-25(19(26)15(24)2)18-9-5-8-17(12-18)20(21,22)23/h3-9,12,15H,10-11,13H2,1-2H3/t15-/m0/s1. The molecule has 0 radical (unpaired) electrons. The van der Waals surface area contributed by atoms with Gasteiger partial charge in [0.2, 0.25) is 5.91 Å². The summed E-state index contributed by atoms with van der Waals surface area (Å²) in [4.78, 5) is 16.3. The van der Waals surface area contributed by atoms with E-state index in [1.54, 1.807) is 13.0 Å². The highest BCUT2D eigenvalue weighted by atomic mass is 19.4. The van der Waals surface area contributed by atoms with E-state index in [2.05, 4.69) is 4.90 Å². The highest BCUT2D eigenvalue weighted by molar-refractivity contribution is 5.97. The molecule has 0 aliphatic carbocycles. The van der Waals surface area contributed by atoms with Gasteiger partial charge in [-0.05, 0) is 43.2 Å². The minimum Gasteiger partial charge on any atom is -0.310 e. The molecule has 1 aliphatic heterocycles. The van der Waals surface area contributed by atoms with Crippen LogP contribution in [-0.4, -0.2) is 29.9 Å². The van der Waals surface area contributed by atoms with Gasteiger partial charge in [0, 0.05) is 25.3 Å². The van der Waals surface area contributed by atoms with E-state index < -0.39 is 17.8 Å². The summed E-state index contributed by atoms with van der Waals surface area (Å²) in [6.07, 6.45) is -4.42. The number of anilines is 1. The normalized spacial score (nSPS) is 19.0. The predicted molar refractivity (Wildman–Crippen MR) is 94.8 cm³/mol. The number of hydrogen-bond donors (Lipinski definition) is 0. The van der Waals surface area contributed by atoms with Gasteiger partial charge in [0.1, 0.15) is 0 Å². The number of halogens is 3. The fourth-order valence-electron chi connectivity index (χ4n) is 3.24. The minimum absolute atomic E-state index is 0.177. The molecule has 138 valence electrons. The Balaban J connectivity index is 1.77. The molecule has 2 aromatic carbocycles. The molecule has 1 amide bonds. The average Bonchev–Trinajstić information content (AvgIpc) is 2.60. The molecule has 0 N–H and O–H groups in total. The largest absolute Gasteiger partial charge is 0.416 e. The van der Waals surface area contributed by atoms with Crippen LogP contribution in [0.15, 0.2) is 48.5 Å². The first-order valence-corrected chi connectivity index (χ1v) is 8.54. The zero-order valence-electron chi connectivity index (χ0n) is 14.8.